The highest BCUT2D eigenvalue weighted by Gasteiger charge is 2.13. The highest BCUT2D eigenvalue weighted by molar-refractivity contribution is 7.80. The van der Waals surface area contributed by atoms with Crippen molar-refractivity contribution in [2.75, 3.05) is 17.7 Å². The van der Waals surface area contributed by atoms with Gasteiger partial charge in [0.05, 0.1) is 19.1 Å². The highest BCUT2D eigenvalue weighted by atomic mass is 32.1. The van der Waals surface area contributed by atoms with Gasteiger partial charge in [-0.15, -0.1) is 0 Å². The predicted molar refractivity (Wildman–Crippen MR) is 127 cm³/mol. The number of nitrogens with one attached hydrogen (secondary N) is 3. The molecular weight excluding hydrogens is 426 g/mol. The van der Waals surface area contributed by atoms with Crippen LogP contribution in [0.15, 0.2) is 83.5 Å². The molecule has 3 aromatic carbocycles. The number of methoxy groups -OCH3 is 1. The van der Waals surface area contributed by atoms with Crippen LogP contribution in [0, 0.1) is 0 Å². The molecule has 2 amide bonds. The molecule has 0 aliphatic rings. The Hall–Kier alpha value is -4.17. The standard InChI is InChI=1S/C24H19N3O4S/c1-30-20-11-10-18(25-23(29)21-7-4-12-31-21)14-19(20)26-24(32)27-22(28)17-9-8-15-5-2-3-6-16(15)13-17/h2-14H,1H3,(H,25,29)(H2,26,27,28,32). The van der Waals surface area contributed by atoms with Crippen molar-refractivity contribution in [3.05, 3.63) is 90.4 Å². The van der Waals surface area contributed by atoms with Crippen LogP contribution in [-0.2, 0) is 0 Å². The fourth-order valence-electron chi connectivity index (χ4n) is 3.14. The van der Waals surface area contributed by atoms with Crippen LogP contribution in [0.5, 0.6) is 5.75 Å². The minimum atomic E-state index is -0.390. The first kappa shape index (κ1) is 21.1. The number of hydrogen-bond acceptors (Lipinski definition) is 5. The molecule has 7 nitrogen and oxygen atoms in total. The van der Waals surface area contributed by atoms with Gasteiger partial charge < -0.3 is 19.8 Å². The molecule has 0 fully saturated rings. The smallest absolute Gasteiger partial charge is 0.291 e. The van der Waals surface area contributed by atoms with Crippen LogP contribution in [-0.4, -0.2) is 24.0 Å². The number of fused-ring (bicyclic) bond motifs is 1. The third kappa shape index (κ3) is 4.76. The van der Waals surface area contributed by atoms with E-state index in [0.717, 1.165) is 10.8 Å². The first-order valence-corrected chi connectivity index (χ1v) is 10.1. The van der Waals surface area contributed by atoms with E-state index in [1.165, 1.54) is 13.4 Å². The minimum Gasteiger partial charge on any atom is -0.495 e. The molecule has 1 heterocycles. The zero-order valence-corrected chi connectivity index (χ0v) is 17.9. The van der Waals surface area contributed by atoms with E-state index < -0.39 is 5.91 Å². The molecule has 0 radical (unpaired) electrons. The van der Waals surface area contributed by atoms with E-state index in [4.69, 9.17) is 21.4 Å². The van der Waals surface area contributed by atoms with Crippen LogP contribution >= 0.6 is 12.2 Å². The maximum Gasteiger partial charge on any atom is 0.291 e. The summed E-state index contributed by atoms with van der Waals surface area (Å²) in [6, 6.07) is 21.4. The number of benzene rings is 3. The van der Waals surface area contributed by atoms with Gasteiger partial charge in [0.1, 0.15) is 5.75 Å². The Kier molecular flexibility index (Phi) is 6.14. The number of furan rings is 1. The summed E-state index contributed by atoms with van der Waals surface area (Å²) in [5.74, 6) is -0.0513. The van der Waals surface area contributed by atoms with Gasteiger partial charge in [0.2, 0.25) is 0 Å². The summed E-state index contributed by atoms with van der Waals surface area (Å²) in [5, 5.41) is 10.4. The van der Waals surface area contributed by atoms with E-state index in [9.17, 15) is 9.59 Å². The number of amides is 2. The normalized spacial score (nSPS) is 10.4. The first-order chi connectivity index (χ1) is 15.5. The lowest BCUT2D eigenvalue weighted by Gasteiger charge is -2.14. The fourth-order valence-corrected chi connectivity index (χ4v) is 3.35. The summed E-state index contributed by atoms with van der Waals surface area (Å²) in [4.78, 5) is 24.9. The number of thiocarbonyl (C=S) groups is 1. The Labute approximate surface area is 189 Å². The van der Waals surface area contributed by atoms with Gasteiger partial charge in [0.25, 0.3) is 11.8 Å². The number of rotatable bonds is 5. The SMILES string of the molecule is COc1ccc(NC(=O)c2ccco2)cc1NC(=S)NC(=O)c1ccc2ccccc2c1. The van der Waals surface area contributed by atoms with Gasteiger partial charge in [0.15, 0.2) is 10.9 Å². The quantitative estimate of drug-likeness (QED) is 0.382. The van der Waals surface area contributed by atoms with E-state index in [2.05, 4.69) is 16.0 Å². The molecule has 3 N–H and O–H groups in total. The first-order valence-electron chi connectivity index (χ1n) is 9.67. The van der Waals surface area contributed by atoms with Crippen molar-refractivity contribution in [2.24, 2.45) is 0 Å². The Bertz CT molecular complexity index is 1300. The van der Waals surface area contributed by atoms with E-state index in [1.54, 1.807) is 42.5 Å². The number of carbonyl (C=O) groups excluding carboxylic acids is 2. The average molecular weight is 446 g/mol. The maximum absolute atomic E-state index is 12.6. The van der Waals surface area contributed by atoms with Gasteiger partial charge in [0, 0.05) is 11.3 Å². The fraction of sp³-hybridized carbons (Fsp3) is 0.0417. The van der Waals surface area contributed by atoms with Crippen LogP contribution in [0.25, 0.3) is 10.8 Å². The molecule has 0 bridgehead atoms. The molecule has 0 unspecified atom stereocenters. The van der Waals surface area contributed by atoms with Crippen LogP contribution in [0.4, 0.5) is 11.4 Å². The van der Waals surface area contributed by atoms with Crippen molar-refractivity contribution in [1.82, 2.24) is 5.32 Å². The van der Waals surface area contributed by atoms with Gasteiger partial charge in [-0.2, -0.15) is 0 Å². The average Bonchev–Trinajstić information content (AvgIpc) is 3.34. The van der Waals surface area contributed by atoms with Crippen molar-refractivity contribution in [2.45, 2.75) is 0 Å². The molecule has 4 rings (SSSR count). The monoisotopic (exact) mass is 445 g/mol. The molecule has 0 aliphatic carbocycles. The Morgan fingerprint density at radius 1 is 0.875 bits per heavy atom. The molecule has 0 spiro atoms. The molecule has 8 heteroatoms. The minimum absolute atomic E-state index is 0.0935. The summed E-state index contributed by atoms with van der Waals surface area (Å²) in [6.45, 7) is 0. The topological polar surface area (TPSA) is 92.6 Å². The van der Waals surface area contributed by atoms with Gasteiger partial charge >= 0.3 is 0 Å². The second-order valence-electron chi connectivity index (χ2n) is 6.82. The summed E-state index contributed by atoms with van der Waals surface area (Å²) in [6.07, 6.45) is 1.42. The van der Waals surface area contributed by atoms with E-state index in [0.29, 0.717) is 22.7 Å². The van der Waals surface area contributed by atoms with Crippen LogP contribution in [0.1, 0.15) is 20.9 Å². The Balaban J connectivity index is 1.46. The van der Waals surface area contributed by atoms with Gasteiger partial charge in [-0.25, -0.2) is 0 Å². The van der Waals surface area contributed by atoms with E-state index >= 15 is 0 Å². The number of ether oxygens (including phenoxy) is 1. The van der Waals surface area contributed by atoms with Gasteiger partial charge in [-0.1, -0.05) is 30.3 Å². The molecule has 1 aromatic heterocycles. The molecule has 4 aromatic rings. The van der Waals surface area contributed by atoms with Crippen molar-refractivity contribution >= 4 is 51.3 Å². The van der Waals surface area contributed by atoms with Crippen molar-refractivity contribution < 1.29 is 18.7 Å². The summed E-state index contributed by atoms with van der Waals surface area (Å²) in [7, 11) is 1.51. The van der Waals surface area contributed by atoms with Crippen LogP contribution in [0.3, 0.4) is 0 Å². The van der Waals surface area contributed by atoms with Gasteiger partial charge in [-0.05, 0) is 65.5 Å². The third-order valence-electron chi connectivity index (χ3n) is 4.69. The second-order valence-corrected chi connectivity index (χ2v) is 7.22. The lowest BCUT2D eigenvalue weighted by atomic mass is 10.1. The van der Waals surface area contributed by atoms with Gasteiger partial charge in [-0.3, -0.25) is 14.9 Å². The summed E-state index contributed by atoms with van der Waals surface area (Å²) >= 11 is 5.31. The lowest BCUT2D eigenvalue weighted by Crippen LogP contribution is -2.34. The lowest BCUT2D eigenvalue weighted by molar-refractivity contribution is 0.0975. The van der Waals surface area contributed by atoms with Crippen LogP contribution < -0.4 is 20.7 Å². The van der Waals surface area contributed by atoms with Crippen LogP contribution in [0.2, 0.25) is 0 Å². The molecular formula is C24H19N3O4S. The third-order valence-corrected chi connectivity index (χ3v) is 4.89. The molecule has 160 valence electrons. The Morgan fingerprint density at radius 2 is 1.69 bits per heavy atom. The number of anilines is 2. The zero-order chi connectivity index (χ0) is 22.5. The molecule has 0 saturated carbocycles. The molecule has 0 saturated heterocycles. The number of carbonyl (C=O) groups is 2. The summed E-state index contributed by atoms with van der Waals surface area (Å²) in [5.41, 5.74) is 1.46. The van der Waals surface area contributed by atoms with E-state index in [-0.39, 0.29) is 16.8 Å². The van der Waals surface area contributed by atoms with Crippen molar-refractivity contribution in [1.29, 1.82) is 0 Å². The molecule has 0 aliphatic heterocycles. The number of hydrogen-bond donors (Lipinski definition) is 3. The predicted octanol–water partition coefficient (Wildman–Crippen LogP) is 4.82. The Morgan fingerprint density at radius 3 is 2.44 bits per heavy atom. The zero-order valence-electron chi connectivity index (χ0n) is 17.0. The van der Waals surface area contributed by atoms with E-state index in [1.807, 2.05) is 30.3 Å². The molecule has 0 atom stereocenters. The van der Waals surface area contributed by atoms with Crippen molar-refractivity contribution in [3.63, 3.8) is 0 Å². The largest absolute Gasteiger partial charge is 0.495 e. The highest BCUT2D eigenvalue weighted by Crippen LogP contribution is 2.28. The molecule has 32 heavy (non-hydrogen) atoms. The van der Waals surface area contributed by atoms with Crippen molar-refractivity contribution in [3.8, 4) is 5.75 Å². The maximum atomic E-state index is 12.6. The summed E-state index contributed by atoms with van der Waals surface area (Å²) < 4.78 is 10.4. The second kappa shape index (κ2) is 9.32.